The largest absolute Gasteiger partial charge is 0.351 e. The Morgan fingerprint density at radius 1 is 1.29 bits per heavy atom. The summed E-state index contributed by atoms with van der Waals surface area (Å²) in [7, 11) is 0. The van der Waals surface area contributed by atoms with Crippen LogP contribution in [0.3, 0.4) is 0 Å². The van der Waals surface area contributed by atoms with Crippen molar-refractivity contribution in [3.8, 4) is 10.6 Å². The number of rotatable bonds is 4. The van der Waals surface area contributed by atoms with Gasteiger partial charge in [0.05, 0.1) is 5.69 Å². The summed E-state index contributed by atoms with van der Waals surface area (Å²) in [6.45, 7) is 5.88. The number of nitrogens with zero attached hydrogens (tertiary/aromatic N) is 1. The van der Waals surface area contributed by atoms with Crippen LogP contribution in [0.4, 0.5) is 4.39 Å². The summed E-state index contributed by atoms with van der Waals surface area (Å²) in [5.74, 6) is -0.229. The van der Waals surface area contributed by atoms with E-state index in [1.54, 1.807) is 12.1 Å². The molecule has 2 aromatic rings. The fourth-order valence-corrected chi connectivity index (χ4v) is 2.73. The Morgan fingerprint density at radius 3 is 2.57 bits per heavy atom. The summed E-state index contributed by atoms with van der Waals surface area (Å²) >= 11 is 1.51. The molecule has 0 saturated heterocycles. The van der Waals surface area contributed by atoms with Crippen LogP contribution < -0.4 is 5.32 Å². The van der Waals surface area contributed by atoms with Crippen molar-refractivity contribution in [2.45, 2.75) is 39.2 Å². The highest BCUT2D eigenvalue weighted by molar-refractivity contribution is 7.13. The minimum Gasteiger partial charge on any atom is -0.351 e. The van der Waals surface area contributed by atoms with E-state index in [1.165, 1.54) is 23.5 Å². The van der Waals surface area contributed by atoms with Gasteiger partial charge in [-0.05, 0) is 51.5 Å². The molecule has 0 radical (unpaired) electrons. The summed E-state index contributed by atoms with van der Waals surface area (Å²) in [6.07, 6.45) is 1.03. The van der Waals surface area contributed by atoms with Crippen molar-refractivity contribution in [2.75, 3.05) is 0 Å². The van der Waals surface area contributed by atoms with Crippen LogP contribution in [0.15, 0.2) is 29.6 Å². The predicted octanol–water partition coefficient (Wildman–Crippen LogP) is 3.80. The Morgan fingerprint density at radius 2 is 1.95 bits per heavy atom. The van der Waals surface area contributed by atoms with Crippen LogP contribution in [0.5, 0.6) is 0 Å². The van der Waals surface area contributed by atoms with E-state index in [4.69, 9.17) is 0 Å². The molecule has 1 amide bonds. The number of carbonyl (C=O) groups excluding carboxylic acids is 1. The molecule has 5 heteroatoms. The fourth-order valence-electron chi connectivity index (χ4n) is 1.87. The molecule has 3 nitrogen and oxygen atoms in total. The first-order valence-electron chi connectivity index (χ1n) is 6.85. The third-order valence-electron chi connectivity index (χ3n) is 2.77. The maximum absolute atomic E-state index is 12.9. The van der Waals surface area contributed by atoms with E-state index in [2.05, 4.69) is 10.3 Å². The van der Waals surface area contributed by atoms with Crippen molar-refractivity contribution >= 4 is 17.2 Å². The molecule has 1 N–H and O–H groups in total. The van der Waals surface area contributed by atoms with Crippen LogP contribution in [-0.4, -0.2) is 16.4 Å². The number of halogens is 1. The topological polar surface area (TPSA) is 42.0 Å². The van der Waals surface area contributed by atoms with Gasteiger partial charge in [0.2, 0.25) is 5.91 Å². The van der Waals surface area contributed by atoms with Crippen LogP contribution >= 0.6 is 11.3 Å². The van der Waals surface area contributed by atoms with Crippen LogP contribution in [0.25, 0.3) is 10.6 Å². The number of thiazole rings is 1. The normalized spacial score (nSPS) is 11.4. The molecule has 0 aliphatic heterocycles. The molecule has 0 spiro atoms. The molecule has 0 fully saturated rings. The Kier molecular flexibility index (Phi) is 4.73. The van der Waals surface area contributed by atoms with Gasteiger partial charge < -0.3 is 5.32 Å². The minimum absolute atomic E-state index is 0.0267. The summed E-state index contributed by atoms with van der Waals surface area (Å²) in [6, 6.07) is 6.27. The number of carbonyl (C=O) groups is 1. The zero-order valence-corrected chi connectivity index (χ0v) is 13.3. The number of amides is 1. The first-order chi connectivity index (χ1) is 9.83. The molecule has 0 atom stereocenters. The van der Waals surface area contributed by atoms with E-state index < -0.39 is 0 Å². The lowest BCUT2D eigenvalue weighted by Gasteiger charge is -2.20. The van der Waals surface area contributed by atoms with Gasteiger partial charge in [0, 0.05) is 22.9 Å². The van der Waals surface area contributed by atoms with E-state index >= 15 is 0 Å². The quantitative estimate of drug-likeness (QED) is 0.933. The third-order valence-corrected chi connectivity index (χ3v) is 3.71. The Balaban J connectivity index is 1.94. The van der Waals surface area contributed by atoms with Crippen molar-refractivity contribution < 1.29 is 9.18 Å². The zero-order valence-electron chi connectivity index (χ0n) is 12.4. The fraction of sp³-hybridized carbons (Fsp3) is 0.375. The molecule has 1 heterocycles. The van der Waals surface area contributed by atoms with Crippen LogP contribution in [0, 0.1) is 5.82 Å². The molecule has 1 aromatic heterocycles. The summed E-state index contributed by atoms with van der Waals surface area (Å²) in [5.41, 5.74) is 1.58. The van der Waals surface area contributed by atoms with Gasteiger partial charge in [-0.15, -0.1) is 11.3 Å². The number of benzene rings is 1. The molecule has 0 bridgehead atoms. The lowest BCUT2D eigenvalue weighted by molar-refractivity contribution is -0.122. The van der Waals surface area contributed by atoms with E-state index in [0.29, 0.717) is 12.8 Å². The van der Waals surface area contributed by atoms with Crippen molar-refractivity contribution in [1.29, 1.82) is 0 Å². The van der Waals surface area contributed by atoms with E-state index in [1.807, 2.05) is 26.2 Å². The molecular weight excluding hydrogens is 287 g/mol. The highest BCUT2D eigenvalue weighted by atomic mass is 32.1. The Hall–Kier alpha value is -1.75. The second-order valence-corrected chi connectivity index (χ2v) is 6.81. The standard InChI is InChI=1S/C16H19FN2OS/c1-16(2,3)19-14(20)9-8-13-10-21-15(18-13)11-4-6-12(17)7-5-11/h4-7,10H,8-9H2,1-3H3,(H,19,20). The lowest BCUT2D eigenvalue weighted by atomic mass is 10.1. The van der Waals surface area contributed by atoms with Crippen molar-refractivity contribution in [3.05, 3.63) is 41.2 Å². The van der Waals surface area contributed by atoms with E-state index in [-0.39, 0.29) is 17.3 Å². The number of nitrogens with one attached hydrogen (secondary N) is 1. The smallest absolute Gasteiger partial charge is 0.220 e. The average molecular weight is 306 g/mol. The average Bonchev–Trinajstić information content (AvgIpc) is 2.84. The van der Waals surface area contributed by atoms with Crippen LogP contribution in [0.1, 0.15) is 32.9 Å². The molecule has 21 heavy (non-hydrogen) atoms. The number of aromatic nitrogens is 1. The van der Waals surface area contributed by atoms with Gasteiger partial charge in [-0.2, -0.15) is 0 Å². The van der Waals surface area contributed by atoms with Crippen LogP contribution in [-0.2, 0) is 11.2 Å². The maximum Gasteiger partial charge on any atom is 0.220 e. The van der Waals surface area contributed by atoms with E-state index in [9.17, 15) is 9.18 Å². The summed E-state index contributed by atoms with van der Waals surface area (Å²) < 4.78 is 12.9. The van der Waals surface area contributed by atoms with Crippen molar-refractivity contribution in [2.24, 2.45) is 0 Å². The second kappa shape index (κ2) is 6.35. The van der Waals surface area contributed by atoms with E-state index in [0.717, 1.165) is 16.3 Å². The Bertz CT molecular complexity index is 614. The Labute approximate surface area is 128 Å². The first kappa shape index (κ1) is 15.6. The molecule has 0 aliphatic rings. The second-order valence-electron chi connectivity index (χ2n) is 5.95. The number of hydrogen-bond donors (Lipinski definition) is 1. The van der Waals surface area contributed by atoms with Gasteiger partial charge in [0.25, 0.3) is 0 Å². The molecule has 1 aromatic carbocycles. The third kappa shape index (κ3) is 4.93. The minimum atomic E-state index is -0.255. The SMILES string of the molecule is CC(C)(C)NC(=O)CCc1csc(-c2ccc(F)cc2)n1. The molecular formula is C16H19FN2OS. The monoisotopic (exact) mass is 306 g/mol. The van der Waals surface area contributed by atoms with Gasteiger partial charge in [0.1, 0.15) is 10.8 Å². The molecule has 0 saturated carbocycles. The zero-order chi connectivity index (χ0) is 15.5. The molecule has 0 aliphatic carbocycles. The van der Waals surface area contributed by atoms with Gasteiger partial charge >= 0.3 is 0 Å². The van der Waals surface area contributed by atoms with Crippen LogP contribution in [0.2, 0.25) is 0 Å². The van der Waals surface area contributed by atoms with Gasteiger partial charge in [-0.1, -0.05) is 0 Å². The number of hydrogen-bond acceptors (Lipinski definition) is 3. The maximum atomic E-state index is 12.9. The molecule has 0 unspecified atom stereocenters. The number of aryl methyl sites for hydroxylation is 1. The van der Waals surface area contributed by atoms with Gasteiger partial charge in [-0.3, -0.25) is 4.79 Å². The molecule has 2 rings (SSSR count). The highest BCUT2D eigenvalue weighted by Gasteiger charge is 2.14. The summed E-state index contributed by atoms with van der Waals surface area (Å²) in [4.78, 5) is 16.3. The summed E-state index contributed by atoms with van der Waals surface area (Å²) in [5, 5.41) is 5.72. The van der Waals surface area contributed by atoms with Crippen molar-refractivity contribution in [1.82, 2.24) is 10.3 Å². The van der Waals surface area contributed by atoms with Gasteiger partial charge in [0.15, 0.2) is 0 Å². The lowest BCUT2D eigenvalue weighted by Crippen LogP contribution is -2.40. The first-order valence-corrected chi connectivity index (χ1v) is 7.73. The van der Waals surface area contributed by atoms with Gasteiger partial charge in [-0.25, -0.2) is 9.37 Å². The predicted molar refractivity (Wildman–Crippen MR) is 83.7 cm³/mol. The van der Waals surface area contributed by atoms with Crippen molar-refractivity contribution in [3.63, 3.8) is 0 Å². The highest BCUT2D eigenvalue weighted by Crippen LogP contribution is 2.24. The molecule has 112 valence electrons.